The Kier molecular flexibility index (Phi) is 5.25. The van der Waals surface area contributed by atoms with Crippen molar-refractivity contribution in [3.8, 4) is 5.69 Å². The standard InChI is InChI=1S/C22H20BrN7O/c23-19-8-4-5-9-21(19)30-15-18(26-27-30)14-29-20-10-11-28(13-16(20)12-24-29)22(31)25-17-6-2-1-3-7-17/h1-9,12,15H,10-11,13-14H2,(H,25,31). The molecule has 8 nitrogen and oxygen atoms in total. The zero-order chi connectivity index (χ0) is 21.2. The van der Waals surface area contributed by atoms with E-state index in [4.69, 9.17) is 0 Å². The van der Waals surface area contributed by atoms with Crippen LogP contribution in [-0.2, 0) is 19.5 Å². The number of hydrogen-bond acceptors (Lipinski definition) is 4. The van der Waals surface area contributed by atoms with Gasteiger partial charge in [-0.3, -0.25) is 4.68 Å². The maximum absolute atomic E-state index is 12.6. The third-order valence-corrected chi connectivity index (χ3v) is 5.95. The lowest BCUT2D eigenvalue weighted by molar-refractivity contribution is 0.205. The molecule has 5 rings (SSSR count). The maximum Gasteiger partial charge on any atom is 0.322 e. The Morgan fingerprint density at radius 1 is 1.10 bits per heavy atom. The Morgan fingerprint density at radius 3 is 2.74 bits per heavy atom. The summed E-state index contributed by atoms with van der Waals surface area (Å²) < 4.78 is 4.66. The second-order valence-corrected chi connectivity index (χ2v) is 8.20. The molecule has 2 amide bonds. The summed E-state index contributed by atoms with van der Waals surface area (Å²) in [4.78, 5) is 14.4. The quantitative estimate of drug-likeness (QED) is 0.483. The molecular weight excluding hydrogens is 458 g/mol. The number of fused-ring (bicyclic) bond motifs is 1. The fourth-order valence-electron chi connectivity index (χ4n) is 3.71. The van der Waals surface area contributed by atoms with Gasteiger partial charge in [0.25, 0.3) is 0 Å². The smallest absolute Gasteiger partial charge is 0.320 e. The van der Waals surface area contributed by atoms with Crippen LogP contribution in [0.3, 0.4) is 0 Å². The van der Waals surface area contributed by atoms with Crippen LogP contribution in [0.5, 0.6) is 0 Å². The number of anilines is 1. The van der Waals surface area contributed by atoms with Crippen LogP contribution in [0.15, 0.2) is 71.5 Å². The first-order valence-corrected chi connectivity index (χ1v) is 10.8. The first-order valence-electron chi connectivity index (χ1n) is 9.98. The molecule has 1 N–H and O–H groups in total. The Hall–Kier alpha value is -3.46. The molecule has 0 bridgehead atoms. The molecule has 31 heavy (non-hydrogen) atoms. The molecule has 0 aliphatic carbocycles. The molecule has 0 saturated heterocycles. The fourth-order valence-corrected chi connectivity index (χ4v) is 4.18. The van der Waals surface area contributed by atoms with Crippen molar-refractivity contribution in [2.75, 3.05) is 11.9 Å². The van der Waals surface area contributed by atoms with Gasteiger partial charge in [0.2, 0.25) is 0 Å². The van der Waals surface area contributed by atoms with Crippen LogP contribution in [-0.4, -0.2) is 42.3 Å². The molecule has 1 aliphatic rings. The number of carbonyl (C=O) groups is 1. The summed E-state index contributed by atoms with van der Waals surface area (Å²) in [7, 11) is 0. The number of urea groups is 1. The number of halogens is 1. The Balaban J connectivity index is 1.27. The second kappa shape index (κ2) is 8.35. The molecule has 4 aromatic rings. The van der Waals surface area contributed by atoms with Gasteiger partial charge in [-0.05, 0) is 40.2 Å². The molecule has 2 aromatic heterocycles. The lowest BCUT2D eigenvalue weighted by Gasteiger charge is -2.27. The zero-order valence-corrected chi connectivity index (χ0v) is 18.2. The summed E-state index contributed by atoms with van der Waals surface area (Å²) in [6.07, 6.45) is 4.50. The first kappa shape index (κ1) is 19.5. The molecule has 9 heteroatoms. The van der Waals surface area contributed by atoms with Gasteiger partial charge < -0.3 is 10.2 Å². The molecule has 0 fully saturated rings. The summed E-state index contributed by atoms with van der Waals surface area (Å²) >= 11 is 3.55. The summed E-state index contributed by atoms with van der Waals surface area (Å²) in [5.41, 5.74) is 4.75. The summed E-state index contributed by atoms with van der Waals surface area (Å²) in [5.74, 6) is 0. The first-order chi connectivity index (χ1) is 15.2. The predicted molar refractivity (Wildman–Crippen MR) is 120 cm³/mol. The van der Waals surface area contributed by atoms with Crippen molar-refractivity contribution in [2.24, 2.45) is 0 Å². The van der Waals surface area contributed by atoms with Crippen LogP contribution in [0.4, 0.5) is 10.5 Å². The van der Waals surface area contributed by atoms with Gasteiger partial charge in [0, 0.05) is 34.4 Å². The van der Waals surface area contributed by atoms with Crippen LogP contribution in [0.25, 0.3) is 5.69 Å². The van der Waals surface area contributed by atoms with E-state index in [9.17, 15) is 4.79 Å². The molecule has 0 atom stereocenters. The number of nitrogens with one attached hydrogen (secondary N) is 1. The van der Waals surface area contributed by atoms with Crippen molar-refractivity contribution >= 4 is 27.6 Å². The van der Waals surface area contributed by atoms with Gasteiger partial charge in [0.1, 0.15) is 5.69 Å². The van der Waals surface area contributed by atoms with Gasteiger partial charge in [-0.15, -0.1) is 5.10 Å². The van der Waals surface area contributed by atoms with E-state index in [0.29, 0.717) is 19.6 Å². The SMILES string of the molecule is O=C(Nc1ccccc1)N1CCc2c(cnn2Cc2cn(-c3ccccc3Br)nn2)C1. The van der Waals surface area contributed by atoms with Crippen LogP contribution in [0.2, 0.25) is 0 Å². The van der Waals surface area contributed by atoms with Gasteiger partial charge in [0.15, 0.2) is 0 Å². The number of carbonyl (C=O) groups excluding carboxylic acids is 1. The number of amides is 2. The van der Waals surface area contributed by atoms with Crippen molar-refractivity contribution in [2.45, 2.75) is 19.5 Å². The maximum atomic E-state index is 12.6. The molecular formula is C22H20BrN7O. The molecule has 156 valence electrons. The predicted octanol–water partition coefficient (Wildman–Crippen LogP) is 3.86. The number of benzene rings is 2. The van der Waals surface area contributed by atoms with Crippen LogP contribution >= 0.6 is 15.9 Å². The molecule has 2 aromatic carbocycles. The van der Waals surface area contributed by atoms with Gasteiger partial charge in [-0.2, -0.15) is 5.10 Å². The molecule has 0 saturated carbocycles. The highest BCUT2D eigenvalue weighted by atomic mass is 79.9. The highest BCUT2D eigenvalue weighted by molar-refractivity contribution is 9.10. The van der Waals surface area contributed by atoms with Crippen LogP contribution in [0.1, 0.15) is 17.0 Å². The average molecular weight is 478 g/mol. The van der Waals surface area contributed by atoms with E-state index in [1.807, 2.05) is 76.6 Å². The number of hydrogen-bond donors (Lipinski definition) is 1. The van der Waals surface area contributed by atoms with E-state index in [-0.39, 0.29) is 6.03 Å². The van der Waals surface area contributed by atoms with Crippen molar-refractivity contribution < 1.29 is 4.79 Å². The normalized spacial score (nSPS) is 13.1. The van der Waals surface area contributed by atoms with Gasteiger partial charge in [-0.1, -0.05) is 35.5 Å². The highest BCUT2D eigenvalue weighted by Gasteiger charge is 2.24. The van der Waals surface area contributed by atoms with Gasteiger partial charge in [0.05, 0.1) is 31.2 Å². The van der Waals surface area contributed by atoms with E-state index in [1.54, 1.807) is 4.68 Å². The minimum atomic E-state index is -0.0963. The minimum Gasteiger partial charge on any atom is -0.320 e. The lowest BCUT2D eigenvalue weighted by Crippen LogP contribution is -2.39. The number of rotatable bonds is 4. The molecule has 3 heterocycles. The molecule has 0 radical (unpaired) electrons. The number of nitrogens with zero attached hydrogens (tertiary/aromatic N) is 6. The van der Waals surface area contributed by atoms with Crippen molar-refractivity contribution in [1.29, 1.82) is 0 Å². The molecule has 0 unspecified atom stereocenters. The lowest BCUT2D eigenvalue weighted by atomic mass is 10.1. The summed E-state index contributed by atoms with van der Waals surface area (Å²) in [5, 5.41) is 16.0. The monoisotopic (exact) mass is 477 g/mol. The van der Waals surface area contributed by atoms with Gasteiger partial charge in [-0.25, -0.2) is 9.48 Å². The Bertz CT molecular complexity index is 1220. The summed E-state index contributed by atoms with van der Waals surface area (Å²) in [6, 6.07) is 17.3. The second-order valence-electron chi connectivity index (χ2n) is 7.35. The molecule has 0 spiro atoms. The van der Waals surface area contributed by atoms with Crippen molar-refractivity contribution in [3.63, 3.8) is 0 Å². The molecule has 1 aliphatic heterocycles. The topological polar surface area (TPSA) is 80.9 Å². The number of para-hydroxylation sites is 2. The fraction of sp³-hybridized carbons (Fsp3) is 0.182. The van der Waals surface area contributed by atoms with Crippen LogP contribution in [0, 0.1) is 0 Å². The van der Waals surface area contributed by atoms with Gasteiger partial charge >= 0.3 is 6.03 Å². The van der Waals surface area contributed by atoms with E-state index < -0.39 is 0 Å². The largest absolute Gasteiger partial charge is 0.322 e. The third kappa shape index (κ3) is 4.09. The minimum absolute atomic E-state index is 0.0963. The highest BCUT2D eigenvalue weighted by Crippen LogP contribution is 2.22. The summed E-state index contributed by atoms with van der Waals surface area (Å²) in [6.45, 7) is 1.72. The zero-order valence-electron chi connectivity index (χ0n) is 16.6. The Labute approximate surface area is 187 Å². The Morgan fingerprint density at radius 2 is 1.90 bits per heavy atom. The average Bonchev–Trinajstić information content (AvgIpc) is 3.42. The third-order valence-electron chi connectivity index (χ3n) is 5.28. The van der Waals surface area contributed by atoms with E-state index in [1.165, 1.54) is 0 Å². The van der Waals surface area contributed by atoms with E-state index >= 15 is 0 Å². The van der Waals surface area contributed by atoms with E-state index in [2.05, 4.69) is 36.7 Å². The van der Waals surface area contributed by atoms with E-state index in [0.717, 1.165) is 39.2 Å². The van der Waals surface area contributed by atoms with Crippen molar-refractivity contribution in [3.05, 3.63) is 88.4 Å². The number of aromatic nitrogens is 5. The van der Waals surface area contributed by atoms with Crippen LogP contribution < -0.4 is 5.32 Å². The van der Waals surface area contributed by atoms with Crippen molar-refractivity contribution in [1.82, 2.24) is 29.7 Å².